The lowest BCUT2D eigenvalue weighted by molar-refractivity contribution is 0.767. The molecule has 0 saturated heterocycles. The van der Waals surface area contributed by atoms with Gasteiger partial charge in [0.2, 0.25) is 0 Å². The molecule has 0 bridgehead atoms. The van der Waals surface area contributed by atoms with E-state index in [1.807, 2.05) is 6.07 Å². The summed E-state index contributed by atoms with van der Waals surface area (Å²) in [4.78, 5) is 0. The first kappa shape index (κ1) is 8.28. The fraction of sp³-hybridized carbons (Fsp3) is 0.100. The molecule has 1 heterocycles. The van der Waals surface area contributed by atoms with E-state index in [1.54, 1.807) is 25.2 Å². The molecule has 0 fully saturated rings. The van der Waals surface area contributed by atoms with Crippen molar-refractivity contribution in [2.24, 2.45) is 7.05 Å². The Balaban J connectivity index is 2.87. The minimum atomic E-state index is 0.483. The van der Waals surface area contributed by atoms with Gasteiger partial charge in [0.05, 0.1) is 17.1 Å². The van der Waals surface area contributed by atoms with Crippen LogP contribution < -0.4 is 0 Å². The van der Waals surface area contributed by atoms with Gasteiger partial charge in [-0.3, -0.25) is 4.68 Å². The van der Waals surface area contributed by atoms with Crippen molar-refractivity contribution in [3.05, 3.63) is 29.5 Å². The largest absolute Gasteiger partial charge is 0.257 e. The molecule has 0 aliphatic heterocycles. The fourth-order valence-electron chi connectivity index (χ4n) is 1.40. The van der Waals surface area contributed by atoms with Gasteiger partial charge in [-0.05, 0) is 18.2 Å². The average molecular weight is 182 g/mol. The van der Waals surface area contributed by atoms with E-state index in [-0.39, 0.29) is 0 Å². The van der Waals surface area contributed by atoms with Crippen LogP contribution in [0.2, 0.25) is 0 Å². The van der Waals surface area contributed by atoms with Crippen molar-refractivity contribution >= 4 is 10.9 Å². The predicted molar refractivity (Wildman–Crippen MR) is 50.1 cm³/mol. The van der Waals surface area contributed by atoms with E-state index in [4.69, 9.17) is 10.5 Å². The Morgan fingerprint density at radius 1 is 1.29 bits per heavy atom. The minimum absolute atomic E-state index is 0.483. The molecular weight excluding hydrogens is 176 g/mol. The van der Waals surface area contributed by atoms with E-state index in [0.717, 1.165) is 10.9 Å². The Kier molecular flexibility index (Phi) is 1.69. The van der Waals surface area contributed by atoms with Gasteiger partial charge < -0.3 is 0 Å². The fourth-order valence-corrected chi connectivity index (χ4v) is 1.40. The van der Waals surface area contributed by atoms with Gasteiger partial charge in [0, 0.05) is 12.4 Å². The molecular formula is C10H6N4. The van der Waals surface area contributed by atoms with Gasteiger partial charge in [0.25, 0.3) is 0 Å². The number of aromatic nitrogens is 2. The maximum atomic E-state index is 8.88. The van der Waals surface area contributed by atoms with E-state index in [0.29, 0.717) is 11.3 Å². The van der Waals surface area contributed by atoms with Crippen LogP contribution in [0.15, 0.2) is 18.2 Å². The Hall–Kier alpha value is -2.33. The standard InChI is InChI=1S/C10H6N4/c1-14-10(6-12)8-4-7(5-11)2-3-9(8)13-14/h2-4H,1H3. The molecule has 0 saturated carbocycles. The lowest BCUT2D eigenvalue weighted by Gasteiger charge is -1.89. The minimum Gasteiger partial charge on any atom is -0.257 e. The summed E-state index contributed by atoms with van der Waals surface area (Å²) < 4.78 is 1.52. The third kappa shape index (κ3) is 1.02. The summed E-state index contributed by atoms with van der Waals surface area (Å²) in [6.07, 6.45) is 0. The summed E-state index contributed by atoms with van der Waals surface area (Å²) >= 11 is 0. The maximum Gasteiger partial charge on any atom is 0.146 e. The van der Waals surface area contributed by atoms with Crippen molar-refractivity contribution < 1.29 is 0 Å². The molecule has 4 nitrogen and oxygen atoms in total. The first-order chi connectivity index (χ1) is 6.76. The summed E-state index contributed by atoms with van der Waals surface area (Å²) in [7, 11) is 1.71. The second-order valence-corrected chi connectivity index (χ2v) is 2.93. The van der Waals surface area contributed by atoms with Crippen LogP contribution in [0, 0.1) is 22.7 Å². The van der Waals surface area contributed by atoms with Crippen LogP contribution in [0.1, 0.15) is 11.3 Å². The van der Waals surface area contributed by atoms with Crippen LogP contribution in [0.5, 0.6) is 0 Å². The number of hydrogen-bond acceptors (Lipinski definition) is 3. The molecule has 0 aliphatic rings. The topological polar surface area (TPSA) is 65.4 Å². The molecule has 0 aliphatic carbocycles. The summed E-state index contributed by atoms with van der Waals surface area (Å²) in [6.45, 7) is 0. The smallest absolute Gasteiger partial charge is 0.146 e. The number of fused-ring (bicyclic) bond motifs is 1. The molecule has 2 aromatic rings. The molecule has 0 amide bonds. The summed E-state index contributed by atoms with van der Waals surface area (Å²) in [5, 5.41) is 22.5. The van der Waals surface area contributed by atoms with E-state index < -0.39 is 0 Å². The molecule has 0 unspecified atom stereocenters. The Morgan fingerprint density at radius 2 is 2.07 bits per heavy atom. The molecule has 1 aromatic heterocycles. The quantitative estimate of drug-likeness (QED) is 0.617. The third-order valence-electron chi connectivity index (χ3n) is 2.07. The normalized spacial score (nSPS) is 9.64. The number of rotatable bonds is 0. The summed E-state index contributed by atoms with van der Waals surface area (Å²) in [5.74, 6) is 0. The lowest BCUT2D eigenvalue weighted by Crippen LogP contribution is -1.92. The molecule has 1 aromatic carbocycles. The van der Waals surface area contributed by atoms with Gasteiger partial charge >= 0.3 is 0 Å². The Labute approximate surface area is 80.6 Å². The van der Waals surface area contributed by atoms with Crippen molar-refractivity contribution in [1.82, 2.24) is 9.78 Å². The SMILES string of the molecule is Cn1nc2ccc(C#N)cc2c1C#N. The molecule has 4 heteroatoms. The second-order valence-electron chi connectivity index (χ2n) is 2.93. The summed E-state index contributed by atoms with van der Waals surface area (Å²) in [5.41, 5.74) is 1.77. The number of benzene rings is 1. The van der Waals surface area contributed by atoms with Crippen molar-refractivity contribution in [3.63, 3.8) is 0 Å². The van der Waals surface area contributed by atoms with E-state index >= 15 is 0 Å². The third-order valence-corrected chi connectivity index (χ3v) is 2.07. The highest BCUT2D eigenvalue weighted by Gasteiger charge is 2.08. The van der Waals surface area contributed by atoms with Gasteiger partial charge in [-0.25, -0.2) is 0 Å². The Morgan fingerprint density at radius 3 is 2.71 bits per heavy atom. The van der Waals surface area contributed by atoms with Gasteiger partial charge in [-0.2, -0.15) is 15.6 Å². The average Bonchev–Trinajstić information content (AvgIpc) is 2.52. The monoisotopic (exact) mass is 182 g/mol. The van der Waals surface area contributed by atoms with E-state index in [9.17, 15) is 0 Å². The highest BCUT2D eigenvalue weighted by Crippen LogP contribution is 2.18. The van der Waals surface area contributed by atoms with Crippen LogP contribution in [-0.4, -0.2) is 9.78 Å². The van der Waals surface area contributed by atoms with Gasteiger partial charge in [-0.15, -0.1) is 0 Å². The van der Waals surface area contributed by atoms with Crippen LogP contribution in [-0.2, 0) is 7.05 Å². The van der Waals surface area contributed by atoms with Crippen molar-refractivity contribution in [3.8, 4) is 12.1 Å². The van der Waals surface area contributed by atoms with Crippen LogP contribution >= 0.6 is 0 Å². The van der Waals surface area contributed by atoms with Crippen molar-refractivity contribution in [2.45, 2.75) is 0 Å². The molecule has 0 N–H and O–H groups in total. The van der Waals surface area contributed by atoms with Crippen LogP contribution in [0.4, 0.5) is 0 Å². The van der Waals surface area contributed by atoms with Gasteiger partial charge in [0.1, 0.15) is 11.8 Å². The molecule has 66 valence electrons. The zero-order valence-corrected chi connectivity index (χ0v) is 7.52. The maximum absolute atomic E-state index is 8.88. The number of hydrogen-bond donors (Lipinski definition) is 0. The summed E-state index contributed by atoms with van der Waals surface area (Å²) in [6, 6.07) is 9.21. The second kappa shape index (κ2) is 2.86. The highest BCUT2D eigenvalue weighted by atomic mass is 15.3. The van der Waals surface area contributed by atoms with Crippen LogP contribution in [0.3, 0.4) is 0 Å². The first-order valence-electron chi connectivity index (χ1n) is 4.03. The molecule has 0 spiro atoms. The highest BCUT2D eigenvalue weighted by molar-refractivity contribution is 5.85. The first-order valence-corrected chi connectivity index (χ1v) is 4.03. The van der Waals surface area contributed by atoms with E-state index in [2.05, 4.69) is 11.2 Å². The molecule has 0 radical (unpaired) electrons. The van der Waals surface area contributed by atoms with Crippen LogP contribution in [0.25, 0.3) is 10.9 Å². The number of aryl methyl sites for hydroxylation is 1. The van der Waals surface area contributed by atoms with Gasteiger partial charge in [0.15, 0.2) is 0 Å². The van der Waals surface area contributed by atoms with E-state index in [1.165, 1.54) is 4.68 Å². The molecule has 14 heavy (non-hydrogen) atoms. The number of nitriles is 2. The number of nitrogens with zero attached hydrogens (tertiary/aromatic N) is 4. The lowest BCUT2D eigenvalue weighted by atomic mass is 10.1. The van der Waals surface area contributed by atoms with Crippen molar-refractivity contribution in [1.29, 1.82) is 10.5 Å². The Bertz CT molecular complexity index is 580. The zero-order chi connectivity index (χ0) is 10.1. The zero-order valence-electron chi connectivity index (χ0n) is 7.52. The molecule has 2 rings (SSSR count). The predicted octanol–water partition coefficient (Wildman–Crippen LogP) is 1.32. The molecule has 0 atom stereocenters. The van der Waals surface area contributed by atoms with Crippen molar-refractivity contribution in [2.75, 3.05) is 0 Å². The van der Waals surface area contributed by atoms with Gasteiger partial charge in [-0.1, -0.05) is 0 Å².